The van der Waals surface area contributed by atoms with Gasteiger partial charge in [0.25, 0.3) is 5.91 Å². The smallest absolute Gasteiger partial charge is 0.349 e. The number of rotatable bonds is 4. The van der Waals surface area contributed by atoms with Gasteiger partial charge in [0.2, 0.25) is 0 Å². The summed E-state index contributed by atoms with van der Waals surface area (Å²) in [5.41, 5.74) is 3.33. The van der Waals surface area contributed by atoms with E-state index in [0.29, 0.717) is 17.6 Å². The fourth-order valence-corrected chi connectivity index (χ4v) is 3.35. The number of carbonyl (C=O) groups excluding carboxylic acids is 1. The number of carbonyl (C=O) groups is 1. The van der Waals surface area contributed by atoms with Crippen LogP contribution in [0.25, 0.3) is 5.69 Å². The highest BCUT2D eigenvalue weighted by atomic mass is 35.5. The minimum atomic E-state index is -4.88. The summed E-state index contributed by atoms with van der Waals surface area (Å²) >= 11 is 0. The Kier molecular flexibility index (Phi) is 6.48. The predicted molar refractivity (Wildman–Crippen MR) is 93.4 cm³/mol. The van der Waals surface area contributed by atoms with E-state index in [1.54, 1.807) is 0 Å². The summed E-state index contributed by atoms with van der Waals surface area (Å²) in [6, 6.07) is 4.67. The first-order chi connectivity index (χ1) is 12.3. The van der Waals surface area contributed by atoms with Crippen molar-refractivity contribution in [2.24, 2.45) is 11.7 Å². The molecule has 0 spiro atoms. The molecule has 148 valence electrons. The number of halogens is 5. The largest absolute Gasteiger partial charge is 0.434 e. The quantitative estimate of drug-likeness (QED) is 0.765. The van der Waals surface area contributed by atoms with Gasteiger partial charge in [-0.15, -0.1) is 12.4 Å². The lowest BCUT2D eigenvalue weighted by atomic mass is 10.0. The summed E-state index contributed by atoms with van der Waals surface area (Å²) in [6.07, 6.45) is -1.72. The first-order valence-corrected chi connectivity index (χ1v) is 8.24. The number of hydrogen-bond acceptors (Lipinski definition) is 3. The van der Waals surface area contributed by atoms with Crippen molar-refractivity contribution in [1.82, 2.24) is 15.1 Å². The molecule has 1 aliphatic rings. The third kappa shape index (κ3) is 4.24. The third-order valence-electron chi connectivity index (χ3n) is 4.64. The lowest BCUT2D eigenvalue weighted by Crippen LogP contribution is -2.40. The zero-order chi connectivity index (χ0) is 18.9. The van der Waals surface area contributed by atoms with E-state index in [2.05, 4.69) is 10.4 Å². The molecule has 2 atom stereocenters. The average Bonchev–Trinajstić information content (AvgIpc) is 3.21. The van der Waals surface area contributed by atoms with Crippen LogP contribution in [0.5, 0.6) is 0 Å². The van der Waals surface area contributed by atoms with Crippen LogP contribution in [-0.4, -0.2) is 28.3 Å². The summed E-state index contributed by atoms with van der Waals surface area (Å²) in [5.74, 6) is -1.72. The van der Waals surface area contributed by atoms with E-state index < -0.39 is 29.2 Å². The summed E-state index contributed by atoms with van der Waals surface area (Å²) < 4.78 is 55.1. The number of para-hydroxylation sites is 1. The summed E-state index contributed by atoms with van der Waals surface area (Å²) in [4.78, 5) is 12.5. The SMILES string of the molecule is Cl.NCC1CCCC1NC(=O)c1cnn(-c2ccccc2F)c1C(F)(F)F. The second kappa shape index (κ2) is 8.26. The molecule has 1 aromatic carbocycles. The van der Waals surface area contributed by atoms with E-state index in [4.69, 9.17) is 5.73 Å². The van der Waals surface area contributed by atoms with Crippen molar-refractivity contribution in [2.75, 3.05) is 6.54 Å². The fourth-order valence-electron chi connectivity index (χ4n) is 3.35. The van der Waals surface area contributed by atoms with Crippen LogP contribution >= 0.6 is 12.4 Å². The van der Waals surface area contributed by atoms with Gasteiger partial charge in [0.1, 0.15) is 11.5 Å². The van der Waals surface area contributed by atoms with E-state index in [9.17, 15) is 22.4 Å². The van der Waals surface area contributed by atoms with Crippen molar-refractivity contribution < 1.29 is 22.4 Å². The minimum Gasteiger partial charge on any atom is -0.349 e. The van der Waals surface area contributed by atoms with Crippen LogP contribution in [-0.2, 0) is 6.18 Å². The Morgan fingerprint density at radius 3 is 2.63 bits per heavy atom. The Bertz CT molecular complexity index is 808. The molecule has 1 saturated carbocycles. The van der Waals surface area contributed by atoms with Gasteiger partial charge in [-0.2, -0.15) is 18.3 Å². The van der Waals surface area contributed by atoms with E-state index in [1.807, 2.05) is 0 Å². The van der Waals surface area contributed by atoms with Crippen molar-refractivity contribution in [3.63, 3.8) is 0 Å². The summed E-state index contributed by atoms with van der Waals surface area (Å²) in [5, 5.41) is 6.24. The number of nitrogens with two attached hydrogens (primary N) is 1. The molecule has 1 heterocycles. The number of amides is 1. The molecule has 1 fully saturated rings. The van der Waals surface area contributed by atoms with Crippen molar-refractivity contribution in [2.45, 2.75) is 31.5 Å². The van der Waals surface area contributed by atoms with Crippen molar-refractivity contribution in [3.05, 3.63) is 47.5 Å². The second-order valence-electron chi connectivity index (χ2n) is 6.27. The average molecular weight is 407 g/mol. The third-order valence-corrected chi connectivity index (χ3v) is 4.64. The maximum atomic E-state index is 13.9. The monoisotopic (exact) mass is 406 g/mol. The molecule has 0 radical (unpaired) electrons. The molecule has 10 heteroatoms. The van der Waals surface area contributed by atoms with Crippen molar-refractivity contribution >= 4 is 18.3 Å². The minimum absolute atomic E-state index is 0. The lowest BCUT2D eigenvalue weighted by Gasteiger charge is -2.20. The molecule has 3 N–H and O–H groups in total. The van der Waals surface area contributed by atoms with Crippen molar-refractivity contribution in [3.8, 4) is 5.69 Å². The fraction of sp³-hybridized carbons (Fsp3) is 0.412. The predicted octanol–water partition coefficient (Wildman–Crippen LogP) is 3.31. The number of benzene rings is 1. The van der Waals surface area contributed by atoms with Crippen LogP contribution in [0.15, 0.2) is 30.5 Å². The molecule has 2 aromatic rings. The first kappa shape index (κ1) is 21.2. The Hall–Kier alpha value is -2.13. The van der Waals surface area contributed by atoms with Gasteiger partial charge in [0.15, 0.2) is 5.69 Å². The molecule has 0 saturated heterocycles. The normalized spacial score (nSPS) is 19.6. The number of aromatic nitrogens is 2. The number of alkyl halides is 3. The Morgan fingerprint density at radius 1 is 1.30 bits per heavy atom. The molecule has 27 heavy (non-hydrogen) atoms. The van der Waals surface area contributed by atoms with Crippen LogP contribution in [0.3, 0.4) is 0 Å². The summed E-state index contributed by atoms with van der Waals surface area (Å²) in [6.45, 7) is 0.353. The molecule has 1 aliphatic carbocycles. The highest BCUT2D eigenvalue weighted by Crippen LogP contribution is 2.34. The first-order valence-electron chi connectivity index (χ1n) is 8.24. The number of nitrogens with one attached hydrogen (secondary N) is 1. The Morgan fingerprint density at radius 2 is 2.00 bits per heavy atom. The van der Waals surface area contributed by atoms with Gasteiger partial charge < -0.3 is 11.1 Å². The highest BCUT2D eigenvalue weighted by molar-refractivity contribution is 5.95. The molecular weight excluding hydrogens is 388 g/mol. The van der Waals surface area contributed by atoms with Crippen LogP contribution in [0.2, 0.25) is 0 Å². The van der Waals surface area contributed by atoms with E-state index in [-0.39, 0.29) is 30.1 Å². The van der Waals surface area contributed by atoms with Crippen LogP contribution in [0, 0.1) is 11.7 Å². The molecule has 3 rings (SSSR count). The van der Waals surface area contributed by atoms with Gasteiger partial charge in [-0.1, -0.05) is 18.6 Å². The lowest BCUT2D eigenvalue weighted by molar-refractivity contribution is -0.143. The maximum Gasteiger partial charge on any atom is 0.434 e. The number of hydrogen-bond donors (Lipinski definition) is 2. The summed E-state index contributed by atoms with van der Waals surface area (Å²) in [7, 11) is 0. The van der Waals surface area contributed by atoms with Gasteiger partial charge >= 0.3 is 6.18 Å². The van der Waals surface area contributed by atoms with Gasteiger partial charge in [-0.25, -0.2) is 9.07 Å². The molecule has 1 aromatic heterocycles. The Balaban J connectivity index is 0.00000261. The number of nitrogens with zero attached hydrogens (tertiary/aromatic N) is 2. The second-order valence-corrected chi connectivity index (χ2v) is 6.27. The van der Waals surface area contributed by atoms with E-state index in [1.165, 1.54) is 18.2 Å². The molecular formula is C17H19ClF4N4O. The van der Waals surface area contributed by atoms with Crippen LogP contribution in [0.1, 0.15) is 35.3 Å². The molecule has 5 nitrogen and oxygen atoms in total. The standard InChI is InChI=1S/C17H18F4N4O.ClH/c18-12-5-1-2-7-14(12)25-15(17(19,20)21)11(9-23-25)16(26)24-13-6-3-4-10(13)8-22;/h1-2,5,7,9-10,13H,3-4,6,8,22H2,(H,24,26);1H. The molecule has 0 aliphatic heterocycles. The van der Waals surface area contributed by atoms with Gasteiger partial charge in [0.05, 0.1) is 11.8 Å². The van der Waals surface area contributed by atoms with E-state index >= 15 is 0 Å². The van der Waals surface area contributed by atoms with Crippen LogP contribution < -0.4 is 11.1 Å². The zero-order valence-corrected chi connectivity index (χ0v) is 15.0. The Labute approximate surface area is 159 Å². The maximum absolute atomic E-state index is 13.9. The highest BCUT2D eigenvalue weighted by Gasteiger charge is 2.41. The molecule has 1 amide bonds. The van der Waals surface area contributed by atoms with Crippen molar-refractivity contribution in [1.29, 1.82) is 0 Å². The zero-order valence-electron chi connectivity index (χ0n) is 14.2. The van der Waals surface area contributed by atoms with Gasteiger partial charge in [-0.3, -0.25) is 4.79 Å². The van der Waals surface area contributed by atoms with E-state index in [0.717, 1.165) is 25.1 Å². The topological polar surface area (TPSA) is 72.9 Å². The molecule has 0 bridgehead atoms. The molecule has 2 unspecified atom stereocenters. The van der Waals surface area contributed by atoms with Crippen LogP contribution in [0.4, 0.5) is 17.6 Å². The van der Waals surface area contributed by atoms with Gasteiger partial charge in [-0.05, 0) is 37.4 Å². The van der Waals surface area contributed by atoms with Gasteiger partial charge in [0, 0.05) is 6.04 Å².